The number of hydrogen-bond donors (Lipinski definition) is 1. The lowest BCUT2D eigenvalue weighted by Gasteiger charge is -2.31. The fraction of sp³-hybridized carbons (Fsp3) is 0.611. The summed E-state index contributed by atoms with van der Waals surface area (Å²) >= 11 is 0. The number of nitrogens with one attached hydrogen (secondary N) is 1. The molecule has 1 aromatic rings. The molecule has 1 saturated heterocycles. The maximum atomic E-state index is 11.6. The van der Waals surface area contributed by atoms with E-state index in [1.807, 2.05) is 13.0 Å². The van der Waals surface area contributed by atoms with Crippen LogP contribution in [0.5, 0.6) is 11.5 Å². The molecule has 0 aromatic heterocycles. The zero-order chi connectivity index (χ0) is 18.7. The summed E-state index contributed by atoms with van der Waals surface area (Å²) in [6.45, 7) is 4.33. The van der Waals surface area contributed by atoms with Gasteiger partial charge in [0.25, 0.3) is 0 Å². The topological polar surface area (TPSA) is 89.2 Å². The number of rotatable bonds is 7. The molecule has 0 saturated carbocycles. The Kier molecular flexibility index (Phi) is 5.61. The maximum Gasteiger partial charge on any atom is 0.315 e. The number of likely N-dealkylation sites (tertiary alicyclic amines) is 1. The number of hydrogen-bond acceptors (Lipinski definition) is 7. The van der Waals surface area contributed by atoms with Gasteiger partial charge < -0.3 is 19.8 Å². The van der Waals surface area contributed by atoms with Crippen LogP contribution in [0.15, 0.2) is 17.2 Å². The molecule has 3 rings (SSSR count). The predicted molar refractivity (Wildman–Crippen MR) is 99.0 cm³/mol. The van der Waals surface area contributed by atoms with Gasteiger partial charge in [-0.1, -0.05) is 13.3 Å². The van der Waals surface area contributed by atoms with Crippen LogP contribution in [-0.2, 0) is 0 Å². The second kappa shape index (κ2) is 7.90. The van der Waals surface area contributed by atoms with E-state index in [9.17, 15) is 10.1 Å². The predicted octanol–water partition coefficient (Wildman–Crippen LogP) is 2.73. The lowest BCUT2D eigenvalue weighted by molar-refractivity contribution is -0.386. The van der Waals surface area contributed by atoms with Crippen molar-refractivity contribution in [3.8, 4) is 11.5 Å². The SMILES string of the molecule is CCCCOc1c(OC)cc(C2NN=C3CCN(C)CC32)cc1[N+](=O)[O-]. The Balaban J connectivity index is 1.93. The van der Waals surface area contributed by atoms with Gasteiger partial charge in [-0.25, -0.2) is 0 Å². The molecule has 26 heavy (non-hydrogen) atoms. The highest BCUT2D eigenvalue weighted by atomic mass is 16.6. The van der Waals surface area contributed by atoms with E-state index in [0.29, 0.717) is 12.4 Å². The van der Waals surface area contributed by atoms with Crippen LogP contribution in [0.25, 0.3) is 0 Å². The van der Waals surface area contributed by atoms with Crippen molar-refractivity contribution in [2.24, 2.45) is 11.0 Å². The molecule has 142 valence electrons. The van der Waals surface area contributed by atoms with Gasteiger partial charge in [-0.2, -0.15) is 5.10 Å². The van der Waals surface area contributed by atoms with Crippen LogP contribution in [0.3, 0.4) is 0 Å². The highest BCUT2D eigenvalue weighted by molar-refractivity contribution is 5.90. The molecule has 1 fully saturated rings. The van der Waals surface area contributed by atoms with Gasteiger partial charge in [0.05, 0.1) is 24.7 Å². The second-order valence-electron chi connectivity index (χ2n) is 6.86. The van der Waals surface area contributed by atoms with Crippen LogP contribution >= 0.6 is 0 Å². The molecule has 0 bridgehead atoms. The molecule has 0 aliphatic carbocycles. The van der Waals surface area contributed by atoms with Crippen molar-refractivity contribution in [2.75, 3.05) is 33.9 Å². The molecule has 1 N–H and O–H groups in total. The average molecular weight is 362 g/mol. The summed E-state index contributed by atoms with van der Waals surface area (Å²) in [5.41, 5.74) is 5.05. The standard InChI is InChI=1S/C18H26N4O4/c1-4-5-8-26-18-15(22(23)24)9-12(10-16(18)25-3)17-13-11-21(2)7-6-14(13)19-20-17/h9-10,13,17,20H,4-8,11H2,1-3H3. The number of fused-ring (bicyclic) bond motifs is 1. The Morgan fingerprint density at radius 2 is 2.27 bits per heavy atom. The largest absolute Gasteiger partial charge is 0.493 e. The van der Waals surface area contributed by atoms with Crippen LogP contribution in [0.2, 0.25) is 0 Å². The van der Waals surface area contributed by atoms with Crippen molar-refractivity contribution in [1.82, 2.24) is 10.3 Å². The zero-order valence-corrected chi connectivity index (χ0v) is 15.5. The molecular formula is C18H26N4O4. The Hall–Kier alpha value is -2.35. The molecule has 8 heteroatoms. The average Bonchev–Trinajstić information content (AvgIpc) is 3.04. The fourth-order valence-electron chi connectivity index (χ4n) is 3.55. The van der Waals surface area contributed by atoms with Gasteiger partial charge in [-0.05, 0) is 25.1 Å². The van der Waals surface area contributed by atoms with Gasteiger partial charge >= 0.3 is 5.69 Å². The van der Waals surface area contributed by atoms with Gasteiger partial charge in [0.2, 0.25) is 5.75 Å². The molecule has 0 amide bonds. The molecule has 2 unspecified atom stereocenters. The third-order valence-corrected chi connectivity index (χ3v) is 5.01. The minimum absolute atomic E-state index is 0.0603. The number of hydrazone groups is 1. The summed E-state index contributed by atoms with van der Waals surface area (Å²) in [6.07, 6.45) is 2.70. The van der Waals surface area contributed by atoms with Gasteiger partial charge in [0.1, 0.15) is 0 Å². The molecule has 2 heterocycles. The van der Waals surface area contributed by atoms with Crippen molar-refractivity contribution >= 4 is 11.4 Å². The Bertz CT molecular complexity index is 707. The number of ether oxygens (including phenoxy) is 2. The molecule has 0 radical (unpaired) electrons. The summed E-state index contributed by atoms with van der Waals surface area (Å²) in [6, 6.07) is 3.33. The minimum Gasteiger partial charge on any atom is -0.493 e. The molecule has 1 aromatic carbocycles. The smallest absolute Gasteiger partial charge is 0.315 e. The lowest BCUT2D eigenvalue weighted by Crippen LogP contribution is -2.39. The fourth-order valence-corrected chi connectivity index (χ4v) is 3.55. The van der Waals surface area contributed by atoms with Crippen LogP contribution in [0.1, 0.15) is 37.8 Å². The number of benzene rings is 1. The quantitative estimate of drug-likeness (QED) is 0.456. The van der Waals surface area contributed by atoms with Crippen LogP contribution in [0.4, 0.5) is 5.69 Å². The highest BCUT2D eigenvalue weighted by Crippen LogP contribution is 2.42. The van der Waals surface area contributed by atoms with E-state index in [-0.39, 0.29) is 23.4 Å². The van der Waals surface area contributed by atoms with Gasteiger partial charge in [-0.3, -0.25) is 10.1 Å². The van der Waals surface area contributed by atoms with Crippen molar-refractivity contribution < 1.29 is 14.4 Å². The monoisotopic (exact) mass is 362 g/mol. The minimum atomic E-state index is -0.406. The summed E-state index contributed by atoms with van der Waals surface area (Å²) < 4.78 is 11.1. The van der Waals surface area contributed by atoms with Gasteiger partial charge in [0, 0.05) is 37.2 Å². The number of methoxy groups -OCH3 is 1. The van der Waals surface area contributed by atoms with E-state index in [4.69, 9.17) is 9.47 Å². The van der Waals surface area contributed by atoms with E-state index in [1.54, 1.807) is 6.07 Å². The maximum absolute atomic E-state index is 11.6. The van der Waals surface area contributed by atoms with Crippen molar-refractivity contribution in [1.29, 1.82) is 0 Å². The molecule has 2 aliphatic rings. The number of nitro benzene ring substituents is 1. The lowest BCUT2D eigenvalue weighted by atomic mass is 9.86. The Morgan fingerprint density at radius 3 is 2.96 bits per heavy atom. The summed E-state index contributed by atoms with van der Waals surface area (Å²) in [5.74, 6) is 0.809. The van der Waals surface area contributed by atoms with E-state index >= 15 is 0 Å². The summed E-state index contributed by atoms with van der Waals surface area (Å²) in [4.78, 5) is 13.5. The van der Waals surface area contributed by atoms with Gasteiger partial charge in [0.15, 0.2) is 5.75 Å². The van der Waals surface area contributed by atoms with E-state index in [0.717, 1.165) is 43.6 Å². The summed E-state index contributed by atoms with van der Waals surface area (Å²) in [5, 5.41) is 16.1. The number of nitro groups is 1. The third-order valence-electron chi connectivity index (χ3n) is 5.01. The number of nitrogens with zero attached hydrogens (tertiary/aromatic N) is 3. The Morgan fingerprint density at radius 1 is 1.46 bits per heavy atom. The molecule has 2 atom stereocenters. The zero-order valence-electron chi connectivity index (χ0n) is 15.5. The first kappa shape index (κ1) is 18.4. The first-order valence-electron chi connectivity index (χ1n) is 9.04. The molecular weight excluding hydrogens is 336 g/mol. The number of unbranched alkanes of at least 4 members (excludes halogenated alkanes) is 1. The van der Waals surface area contributed by atoms with Crippen molar-refractivity contribution in [3.63, 3.8) is 0 Å². The molecule has 0 spiro atoms. The summed E-state index contributed by atoms with van der Waals surface area (Å²) in [7, 11) is 3.59. The normalized spacial score (nSPS) is 22.3. The van der Waals surface area contributed by atoms with Crippen LogP contribution in [0, 0.1) is 16.0 Å². The second-order valence-corrected chi connectivity index (χ2v) is 6.86. The van der Waals surface area contributed by atoms with Crippen LogP contribution < -0.4 is 14.9 Å². The Labute approximate surface area is 153 Å². The number of piperidine rings is 1. The van der Waals surface area contributed by atoms with E-state index in [2.05, 4.69) is 22.5 Å². The van der Waals surface area contributed by atoms with Crippen molar-refractivity contribution in [2.45, 2.75) is 32.2 Å². The van der Waals surface area contributed by atoms with Crippen LogP contribution in [-0.4, -0.2) is 49.4 Å². The third kappa shape index (κ3) is 3.60. The van der Waals surface area contributed by atoms with E-state index < -0.39 is 4.92 Å². The van der Waals surface area contributed by atoms with Crippen molar-refractivity contribution in [3.05, 3.63) is 27.8 Å². The highest BCUT2D eigenvalue weighted by Gasteiger charge is 2.37. The first-order chi connectivity index (χ1) is 12.5. The molecule has 8 nitrogen and oxygen atoms in total. The first-order valence-corrected chi connectivity index (χ1v) is 9.04. The van der Waals surface area contributed by atoms with Gasteiger partial charge in [-0.15, -0.1) is 0 Å². The van der Waals surface area contributed by atoms with E-state index in [1.165, 1.54) is 7.11 Å². The molecule has 2 aliphatic heterocycles.